The van der Waals surface area contributed by atoms with Gasteiger partial charge in [-0.2, -0.15) is 0 Å². The Morgan fingerprint density at radius 2 is 1.59 bits per heavy atom. The number of aryl methyl sites for hydroxylation is 3. The van der Waals surface area contributed by atoms with E-state index in [0.29, 0.717) is 23.2 Å². The maximum Gasteiger partial charge on any atom is 0.237 e. The molecule has 0 heterocycles. The quantitative estimate of drug-likeness (QED) is 0.647. The third-order valence-corrected chi connectivity index (χ3v) is 6.70. The van der Waals surface area contributed by atoms with Crippen LogP contribution in [0.3, 0.4) is 0 Å². The van der Waals surface area contributed by atoms with Crippen LogP contribution in [0.4, 0.5) is 0 Å². The first kappa shape index (κ1) is 22.8. The predicted molar refractivity (Wildman–Crippen MR) is 116 cm³/mol. The minimum atomic E-state index is -3.68. The molecule has 6 heteroatoms. The molecular formula is C23H29NO4S. The molecule has 0 fully saturated rings. The second-order valence-electron chi connectivity index (χ2n) is 7.75. The lowest BCUT2D eigenvalue weighted by atomic mass is 9.92. The Morgan fingerprint density at radius 1 is 0.966 bits per heavy atom. The summed E-state index contributed by atoms with van der Waals surface area (Å²) in [5, 5.41) is 0. The fraction of sp³-hybridized carbons (Fsp3) is 0.391. The monoisotopic (exact) mass is 415 g/mol. The minimum absolute atomic E-state index is 0.0901. The van der Waals surface area contributed by atoms with Gasteiger partial charge in [-0.3, -0.25) is 9.59 Å². The molecule has 0 N–H and O–H groups in total. The summed E-state index contributed by atoms with van der Waals surface area (Å²) in [6.07, 6.45) is 0. The fourth-order valence-electron chi connectivity index (χ4n) is 3.69. The van der Waals surface area contributed by atoms with E-state index in [1.807, 2.05) is 51.1 Å². The number of hydrogen-bond acceptors (Lipinski definition) is 4. The van der Waals surface area contributed by atoms with Gasteiger partial charge in [0.05, 0.1) is 5.75 Å². The smallest absolute Gasteiger partial charge is 0.237 e. The van der Waals surface area contributed by atoms with Crippen LogP contribution in [0.25, 0.3) is 0 Å². The number of nitrogens with zero attached hydrogens (tertiary/aromatic N) is 1. The van der Waals surface area contributed by atoms with Crippen molar-refractivity contribution >= 4 is 21.5 Å². The highest BCUT2D eigenvalue weighted by Gasteiger charge is 2.24. The molecule has 5 nitrogen and oxygen atoms in total. The van der Waals surface area contributed by atoms with Crippen molar-refractivity contribution in [1.29, 1.82) is 0 Å². The lowest BCUT2D eigenvalue weighted by Gasteiger charge is -2.19. The lowest BCUT2D eigenvalue weighted by molar-refractivity contribution is -0.127. The topological polar surface area (TPSA) is 71.5 Å². The number of carbonyl (C=O) groups is 2. The number of rotatable bonds is 7. The highest BCUT2D eigenvalue weighted by atomic mass is 32.2. The second kappa shape index (κ2) is 8.91. The third-order valence-electron chi connectivity index (χ3n) is 5.29. The molecule has 0 unspecified atom stereocenters. The molecule has 0 aliphatic rings. The van der Waals surface area contributed by atoms with E-state index in [0.717, 1.165) is 22.3 Å². The first-order valence-corrected chi connectivity index (χ1v) is 11.3. The van der Waals surface area contributed by atoms with Crippen molar-refractivity contribution in [2.75, 3.05) is 12.8 Å². The van der Waals surface area contributed by atoms with E-state index in [2.05, 4.69) is 0 Å². The van der Waals surface area contributed by atoms with Crippen LogP contribution in [0.2, 0.25) is 0 Å². The first-order valence-electron chi connectivity index (χ1n) is 9.52. The molecule has 1 amide bonds. The van der Waals surface area contributed by atoms with Crippen molar-refractivity contribution < 1.29 is 18.0 Å². The number of benzene rings is 2. The summed E-state index contributed by atoms with van der Waals surface area (Å²) in [5.41, 5.74) is 5.53. The SMILES string of the molecule is CC(=O)c1c(C)cc(C)c(CS(=O)(=O)CC(=O)N(C)Cc2ccccc2C)c1C. The van der Waals surface area contributed by atoms with Gasteiger partial charge in [0.25, 0.3) is 0 Å². The van der Waals surface area contributed by atoms with Gasteiger partial charge in [0.2, 0.25) is 5.91 Å². The van der Waals surface area contributed by atoms with Gasteiger partial charge in [0, 0.05) is 19.2 Å². The molecule has 0 aliphatic heterocycles. The molecule has 0 aromatic heterocycles. The maximum absolute atomic E-state index is 12.8. The van der Waals surface area contributed by atoms with Crippen LogP contribution in [0.15, 0.2) is 30.3 Å². The Morgan fingerprint density at radius 3 is 2.17 bits per heavy atom. The third kappa shape index (κ3) is 5.54. The highest BCUT2D eigenvalue weighted by Crippen LogP contribution is 2.25. The van der Waals surface area contributed by atoms with Crippen LogP contribution in [0.1, 0.15) is 50.7 Å². The van der Waals surface area contributed by atoms with E-state index >= 15 is 0 Å². The summed E-state index contributed by atoms with van der Waals surface area (Å²) in [4.78, 5) is 26.0. The number of Topliss-reactive ketones (excluding diaryl/α,β-unsaturated/α-hetero) is 1. The van der Waals surface area contributed by atoms with Gasteiger partial charge in [-0.25, -0.2) is 8.42 Å². The van der Waals surface area contributed by atoms with Crippen LogP contribution < -0.4 is 0 Å². The van der Waals surface area contributed by atoms with Crippen LogP contribution in [-0.2, 0) is 26.9 Å². The predicted octanol–water partition coefficient (Wildman–Crippen LogP) is 3.70. The molecule has 0 saturated carbocycles. The van der Waals surface area contributed by atoms with Gasteiger partial charge in [-0.05, 0) is 68.0 Å². The standard InChI is InChI=1S/C23H29NO4S/c1-15-9-7-8-10-20(15)12-24(6)22(26)14-29(27,28)13-21-16(2)11-17(3)23(18(21)4)19(5)25/h7-11H,12-14H2,1-6H3. The Bertz CT molecular complexity index is 1050. The largest absolute Gasteiger partial charge is 0.341 e. The molecule has 2 rings (SSSR count). The number of sulfone groups is 1. The zero-order chi connectivity index (χ0) is 21.9. The molecule has 0 radical (unpaired) electrons. The van der Waals surface area contributed by atoms with Crippen molar-refractivity contribution in [2.24, 2.45) is 0 Å². The molecule has 29 heavy (non-hydrogen) atoms. The van der Waals surface area contributed by atoms with Crippen molar-refractivity contribution in [2.45, 2.75) is 46.9 Å². The molecular weight excluding hydrogens is 386 g/mol. The maximum atomic E-state index is 12.8. The van der Waals surface area contributed by atoms with Crippen molar-refractivity contribution in [3.05, 3.63) is 69.3 Å². The van der Waals surface area contributed by atoms with Gasteiger partial charge >= 0.3 is 0 Å². The molecule has 0 spiro atoms. The van der Waals surface area contributed by atoms with Gasteiger partial charge < -0.3 is 4.90 Å². The number of carbonyl (C=O) groups excluding carboxylic acids is 2. The number of amides is 1. The highest BCUT2D eigenvalue weighted by molar-refractivity contribution is 7.91. The van der Waals surface area contributed by atoms with E-state index < -0.39 is 21.5 Å². The summed E-state index contributed by atoms with van der Waals surface area (Å²) < 4.78 is 25.5. The van der Waals surface area contributed by atoms with Gasteiger partial charge in [-0.15, -0.1) is 0 Å². The van der Waals surface area contributed by atoms with Crippen LogP contribution in [0.5, 0.6) is 0 Å². The Balaban J connectivity index is 2.20. The minimum Gasteiger partial charge on any atom is -0.341 e. The van der Waals surface area contributed by atoms with Crippen LogP contribution >= 0.6 is 0 Å². The second-order valence-corrected chi connectivity index (χ2v) is 9.82. The Kier molecular flexibility index (Phi) is 7.01. The number of ketones is 1. The first-order chi connectivity index (χ1) is 13.4. The summed E-state index contributed by atoms with van der Waals surface area (Å²) in [6, 6.07) is 9.54. The normalized spacial score (nSPS) is 11.4. The molecule has 0 atom stereocenters. The summed E-state index contributed by atoms with van der Waals surface area (Å²) in [5.74, 6) is -1.35. The van der Waals surface area contributed by atoms with E-state index in [1.54, 1.807) is 14.0 Å². The zero-order valence-electron chi connectivity index (χ0n) is 18.0. The Labute approximate surface area is 173 Å². The molecule has 156 valence electrons. The van der Waals surface area contributed by atoms with Gasteiger partial charge in [0.15, 0.2) is 15.6 Å². The Hall–Kier alpha value is -2.47. The van der Waals surface area contributed by atoms with Crippen LogP contribution in [0, 0.1) is 27.7 Å². The van der Waals surface area contributed by atoms with E-state index in [4.69, 9.17) is 0 Å². The van der Waals surface area contributed by atoms with E-state index in [-0.39, 0.29) is 11.5 Å². The average Bonchev–Trinajstić information content (AvgIpc) is 2.59. The summed E-state index contributed by atoms with van der Waals surface area (Å²) in [6.45, 7) is 9.25. The lowest BCUT2D eigenvalue weighted by Crippen LogP contribution is -2.33. The zero-order valence-corrected chi connectivity index (χ0v) is 18.8. The number of hydrogen-bond donors (Lipinski definition) is 0. The summed E-state index contributed by atoms with van der Waals surface area (Å²) in [7, 11) is -2.07. The van der Waals surface area contributed by atoms with Crippen molar-refractivity contribution in [1.82, 2.24) is 4.90 Å². The molecule has 0 saturated heterocycles. The summed E-state index contributed by atoms with van der Waals surface area (Å²) >= 11 is 0. The van der Waals surface area contributed by atoms with E-state index in [1.165, 1.54) is 11.8 Å². The fourth-order valence-corrected chi connectivity index (χ4v) is 5.27. The molecule has 2 aromatic rings. The van der Waals surface area contributed by atoms with E-state index in [9.17, 15) is 18.0 Å². The van der Waals surface area contributed by atoms with Crippen molar-refractivity contribution in [3.8, 4) is 0 Å². The molecule has 0 aliphatic carbocycles. The van der Waals surface area contributed by atoms with Crippen LogP contribution in [-0.4, -0.2) is 37.8 Å². The van der Waals surface area contributed by atoms with Gasteiger partial charge in [0.1, 0.15) is 5.75 Å². The molecule has 0 bridgehead atoms. The van der Waals surface area contributed by atoms with Crippen molar-refractivity contribution in [3.63, 3.8) is 0 Å². The van der Waals surface area contributed by atoms with Gasteiger partial charge in [-0.1, -0.05) is 30.3 Å². The average molecular weight is 416 g/mol. The molecule has 2 aromatic carbocycles.